The van der Waals surface area contributed by atoms with Crippen LogP contribution in [-0.2, 0) is 11.8 Å². The summed E-state index contributed by atoms with van der Waals surface area (Å²) in [6, 6.07) is 7.58. The van der Waals surface area contributed by atoms with Crippen LogP contribution in [0.5, 0.6) is 0 Å². The average Bonchev–Trinajstić information content (AvgIpc) is 2.86. The number of para-hydroxylation sites is 1. The number of carbonyl (C=O) groups is 1. The number of carbonyl (C=O) groups excluding carboxylic acids is 1. The van der Waals surface area contributed by atoms with Gasteiger partial charge in [0.2, 0.25) is 0 Å². The van der Waals surface area contributed by atoms with Gasteiger partial charge in [0.25, 0.3) is 0 Å². The van der Waals surface area contributed by atoms with Crippen molar-refractivity contribution in [1.82, 2.24) is 14.8 Å². The van der Waals surface area contributed by atoms with Crippen LogP contribution < -0.4 is 0 Å². The van der Waals surface area contributed by atoms with Crippen LogP contribution in [0.4, 0.5) is 0 Å². The minimum Gasteiger partial charge on any atom is -0.464 e. The quantitative estimate of drug-likeness (QED) is 0.657. The topological polar surface area (TPSA) is 57.0 Å². The minimum absolute atomic E-state index is 0.278. The first-order valence-corrected chi connectivity index (χ1v) is 7.48. The SMILES string of the molecule is COC(=O)c1cc(-c2cnn(C)c2C)c2cccc(Br)c2n1. The number of hydrogen-bond donors (Lipinski definition) is 0. The molecule has 0 aliphatic carbocycles. The third-order valence-electron chi connectivity index (χ3n) is 3.71. The van der Waals surface area contributed by atoms with Crippen molar-refractivity contribution in [1.29, 1.82) is 0 Å². The summed E-state index contributed by atoms with van der Waals surface area (Å²) in [4.78, 5) is 16.3. The Labute approximate surface area is 136 Å². The fourth-order valence-electron chi connectivity index (χ4n) is 2.41. The third-order valence-corrected chi connectivity index (χ3v) is 4.35. The zero-order valence-electron chi connectivity index (χ0n) is 12.4. The molecule has 112 valence electrons. The van der Waals surface area contributed by atoms with E-state index in [2.05, 4.69) is 26.0 Å². The predicted molar refractivity (Wildman–Crippen MR) is 87.7 cm³/mol. The van der Waals surface area contributed by atoms with Crippen LogP contribution in [0.2, 0.25) is 0 Å². The van der Waals surface area contributed by atoms with Crippen molar-refractivity contribution in [3.63, 3.8) is 0 Å². The Morgan fingerprint density at radius 2 is 2.09 bits per heavy atom. The molecule has 3 rings (SSSR count). The predicted octanol–water partition coefficient (Wildman–Crippen LogP) is 3.49. The molecule has 0 aliphatic heterocycles. The van der Waals surface area contributed by atoms with Crippen LogP contribution in [-0.4, -0.2) is 27.8 Å². The van der Waals surface area contributed by atoms with Gasteiger partial charge in [-0.25, -0.2) is 9.78 Å². The molecular formula is C16H14BrN3O2. The summed E-state index contributed by atoms with van der Waals surface area (Å²) in [5.74, 6) is -0.458. The number of rotatable bonds is 2. The molecule has 0 bridgehead atoms. The van der Waals surface area contributed by atoms with E-state index in [1.165, 1.54) is 7.11 Å². The second-order valence-electron chi connectivity index (χ2n) is 4.95. The van der Waals surface area contributed by atoms with Gasteiger partial charge in [-0.05, 0) is 40.5 Å². The largest absolute Gasteiger partial charge is 0.464 e. The zero-order chi connectivity index (χ0) is 15.9. The van der Waals surface area contributed by atoms with Crippen molar-refractivity contribution < 1.29 is 9.53 Å². The van der Waals surface area contributed by atoms with Gasteiger partial charge in [0.15, 0.2) is 0 Å². The second-order valence-corrected chi connectivity index (χ2v) is 5.80. The Morgan fingerprint density at radius 1 is 1.32 bits per heavy atom. The Bertz CT molecular complexity index is 886. The van der Waals surface area contributed by atoms with E-state index in [4.69, 9.17) is 4.74 Å². The molecule has 0 atom stereocenters. The summed E-state index contributed by atoms with van der Waals surface area (Å²) in [7, 11) is 3.24. The Kier molecular flexibility index (Phi) is 3.70. The van der Waals surface area contributed by atoms with Crippen molar-refractivity contribution in [2.45, 2.75) is 6.92 Å². The van der Waals surface area contributed by atoms with Gasteiger partial charge in [-0.2, -0.15) is 5.10 Å². The fourth-order valence-corrected chi connectivity index (χ4v) is 2.86. The summed E-state index contributed by atoms with van der Waals surface area (Å²) >= 11 is 3.50. The van der Waals surface area contributed by atoms with Crippen molar-refractivity contribution in [2.75, 3.05) is 7.11 Å². The van der Waals surface area contributed by atoms with Gasteiger partial charge < -0.3 is 4.74 Å². The molecule has 6 heteroatoms. The first-order chi connectivity index (χ1) is 10.5. The standard InChI is InChI=1S/C16H14BrN3O2/c1-9-12(8-18-20(9)2)11-7-14(16(21)22-3)19-15-10(11)5-4-6-13(15)17/h4-8H,1-3H3. The van der Waals surface area contributed by atoms with Crippen LogP contribution in [0.25, 0.3) is 22.0 Å². The van der Waals surface area contributed by atoms with E-state index in [-0.39, 0.29) is 5.69 Å². The zero-order valence-corrected chi connectivity index (χ0v) is 14.0. The van der Waals surface area contributed by atoms with E-state index in [0.717, 1.165) is 32.2 Å². The molecule has 0 amide bonds. The summed E-state index contributed by atoms with van der Waals surface area (Å²) in [6.45, 7) is 1.99. The smallest absolute Gasteiger partial charge is 0.356 e. The van der Waals surface area contributed by atoms with Gasteiger partial charge in [0.1, 0.15) is 5.69 Å². The Morgan fingerprint density at radius 3 is 2.73 bits per heavy atom. The van der Waals surface area contributed by atoms with Gasteiger partial charge in [-0.15, -0.1) is 0 Å². The van der Waals surface area contributed by atoms with Crippen LogP contribution in [0.15, 0.2) is 34.9 Å². The number of nitrogens with zero attached hydrogens (tertiary/aromatic N) is 3. The van der Waals surface area contributed by atoms with E-state index in [1.54, 1.807) is 16.9 Å². The molecule has 0 saturated carbocycles. The number of hydrogen-bond acceptors (Lipinski definition) is 4. The van der Waals surface area contributed by atoms with Gasteiger partial charge in [0.05, 0.1) is 18.8 Å². The highest BCUT2D eigenvalue weighted by Crippen LogP contribution is 2.33. The van der Waals surface area contributed by atoms with Crippen molar-refractivity contribution >= 4 is 32.8 Å². The summed E-state index contributed by atoms with van der Waals surface area (Å²) < 4.78 is 7.45. The lowest BCUT2D eigenvalue weighted by atomic mass is 10.0. The van der Waals surface area contributed by atoms with Crippen molar-refractivity contribution in [3.8, 4) is 11.1 Å². The summed E-state index contributed by atoms with van der Waals surface area (Å²) in [6.07, 6.45) is 1.80. The molecule has 0 unspecified atom stereocenters. The lowest BCUT2D eigenvalue weighted by molar-refractivity contribution is 0.0594. The summed E-state index contributed by atoms with van der Waals surface area (Å²) in [5, 5.41) is 5.24. The number of benzene rings is 1. The van der Waals surface area contributed by atoms with Gasteiger partial charge in [-0.3, -0.25) is 4.68 Å². The summed E-state index contributed by atoms with van der Waals surface area (Å²) in [5.41, 5.74) is 3.91. The highest BCUT2D eigenvalue weighted by atomic mass is 79.9. The maximum absolute atomic E-state index is 11.9. The lowest BCUT2D eigenvalue weighted by Crippen LogP contribution is -2.05. The van der Waals surface area contributed by atoms with E-state index in [1.807, 2.05) is 32.2 Å². The van der Waals surface area contributed by atoms with E-state index >= 15 is 0 Å². The van der Waals surface area contributed by atoms with Crippen LogP contribution >= 0.6 is 15.9 Å². The molecule has 0 aliphatic rings. The number of aromatic nitrogens is 3. The number of pyridine rings is 1. The molecule has 3 aromatic rings. The number of fused-ring (bicyclic) bond motifs is 1. The van der Waals surface area contributed by atoms with Crippen LogP contribution in [0, 0.1) is 6.92 Å². The normalized spacial score (nSPS) is 10.9. The Balaban J connectivity index is 2.39. The van der Waals surface area contributed by atoms with Gasteiger partial charge >= 0.3 is 5.97 Å². The molecule has 0 radical (unpaired) electrons. The first-order valence-electron chi connectivity index (χ1n) is 6.69. The van der Waals surface area contributed by atoms with E-state index in [0.29, 0.717) is 0 Å². The van der Waals surface area contributed by atoms with Crippen LogP contribution in [0.3, 0.4) is 0 Å². The van der Waals surface area contributed by atoms with Crippen molar-refractivity contribution in [2.24, 2.45) is 7.05 Å². The monoisotopic (exact) mass is 359 g/mol. The molecule has 0 saturated heterocycles. The Hall–Kier alpha value is -2.21. The van der Waals surface area contributed by atoms with Gasteiger partial charge in [0, 0.05) is 28.2 Å². The number of ether oxygens (including phenoxy) is 1. The number of esters is 1. The minimum atomic E-state index is -0.458. The van der Waals surface area contributed by atoms with Crippen LogP contribution in [0.1, 0.15) is 16.2 Å². The van der Waals surface area contributed by atoms with Gasteiger partial charge in [-0.1, -0.05) is 12.1 Å². The molecule has 22 heavy (non-hydrogen) atoms. The molecule has 0 N–H and O–H groups in total. The second kappa shape index (κ2) is 5.53. The number of halogens is 1. The lowest BCUT2D eigenvalue weighted by Gasteiger charge is -2.10. The molecule has 0 spiro atoms. The number of methoxy groups -OCH3 is 1. The molecule has 2 aromatic heterocycles. The molecule has 5 nitrogen and oxygen atoms in total. The maximum Gasteiger partial charge on any atom is 0.356 e. The molecular weight excluding hydrogens is 346 g/mol. The van der Waals surface area contributed by atoms with E-state index < -0.39 is 5.97 Å². The maximum atomic E-state index is 11.9. The van der Waals surface area contributed by atoms with Crippen molar-refractivity contribution in [3.05, 3.63) is 46.3 Å². The highest BCUT2D eigenvalue weighted by molar-refractivity contribution is 9.10. The average molecular weight is 360 g/mol. The third kappa shape index (κ3) is 2.29. The number of aryl methyl sites for hydroxylation is 1. The first kappa shape index (κ1) is 14.7. The van der Waals surface area contributed by atoms with E-state index in [9.17, 15) is 4.79 Å². The molecule has 1 aromatic carbocycles. The fraction of sp³-hybridized carbons (Fsp3) is 0.188. The molecule has 0 fully saturated rings. The molecule has 2 heterocycles. The highest BCUT2D eigenvalue weighted by Gasteiger charge is 2.17.